The molecule has 2 aliphatic rings. The number of thiazole rings is 1. The monoisotopic (exact) mass is 279 g/mol. The van der Waals surface area contributed by atoms with Gasteiger partial charge in [-0.15, -0.1) is 11.3 Å². The van der Waals surface area contributed by atoms with Crippen LogP contribution < -0.4 is 5.32 Å². The summed E-state index contributed by atoms with van der Waals surface area (Å²) in [6.45, 7) is 10.1. The molecule has 1 aliphatic heterocycles. The topological polar surface area (TPSA) is 28.2 Å². The lowest BCUT2D eigenvalue weighted by Gasteiger charge is -2.46. The molecule has 1 saturated carbocycles. The highest BCUT2D eigenvalue weighted by Gasteiger charge is 2.45. The maximum Gasteiger partial charge on any atom is 0.0897 e. The van der Waals surface area contributed by atoms with Crippen LogP contribution in [0.2, 0.25) is 0 Å². The van der Waals surface area contributed by atoms with E-state index in [4.69, 9.17) is 0 Å². The summed E-state index contributed by atoms with van der Waals surface area (Å²) >= 11 is 1.77. The quantitative estimate of drug-likeness (QED) is 0.918. The van der Waals surface area contributed by atoms with Crippen molar-refractivity contribution in [2.45, 2.75) is 58.2 Å². The molecule has 0 aromatic carbocycles. The number of piperazine rings is 1. The van der Waals surface area contributed by atoms with Gasteiger partial charge in [-0.1, -0.05) is 6.92 Å². The van der Waals surface area contributed by atoms with Gasteiger partial charge in [-0.3, -0.25) is 4.90 Å². The molecular formula is C15H25N3S. The van der Waals surface area contributed by atoms with Gasteiger partial charge < -0.3 is 5.32 Å². The van der Waals surface area contributed by atoms with Crippen LogP contribution >= 0.6 is 11.3 Å². The Balaban J connectivity index is 1.71. The summed E-state index contributed by atoms with van der Waals surface area (Å²) < 4.78 is 0. The summed E-state index contributed by atoms with van der Waals surface area (Å²) in [4.78, 5) is 7.29. The first kappa shape index (κ1) is 13.5. The third-order valence-corrected chi connectivity index (χ3v) is 5.59. The summed E-state index contributed by atoms with van der Waals surface area (Å²) in [5.74, 6) is 0.893. The zero-order valence-corrected chi connectivity index (χ0v) is 13.1. The molecular weight excluding hydrogens is 254 g/mol. The smallest absolute Gasteiger partial charge is 0.0897 e. The SMILES string of the molecule is CCC1CNC(C)(C2CC2)CN1Cc1csc(C)n1. The molecule has 1 aliphatic carbocycles. The molecule has 1 N–H and O–H groups in total. The van der Waals surface area contributed by atoms with Crippen molar-refractivity contribution in [1.82, 2.24) is 15.2 Å². The maximum absolute atomic E-state index is 4.64. The zero-order valence-electron chi connectivity index (χ0n) is 12.3. The zero-order chi connectivity index (χ0) is 13.5. The van der Waals surface area contributed by atoms with Crippen molar-refractivity contribution in [3.8, 4) is 0 Å². The van der Waals surface area contributed by atoms with Crippen LogP contribution in [0.3, 0.4) is 0 Å². The normalized spacial score (nSPS) is 32.7. The van der Waals surface area contributed by atoms with Crippen molar-refractivity contribution in [2.75, 3.05) is 13.1 Å². The molecule has 19 heavy (non-hydrogen) atoms. The fraction of sp³-hybridized carbons (Fsp3) is 0.800. The summed E-state index contributed by atoms with van der Waals surface area (Å²) in [6.07, 6.45) is 4.03. The third-order valence-electron chi connectivity index (χ3n) is 4.77. The molecule has 3 rings (SSSR count). The first-order valence-electron chi connectivity index (χ1n) is 7.51. The van der Waals surface area contributed by atoms with Crippen LogP contribution in [-0.4, -0.2) is 34.6 Å². The first-order valence-corrected chi connectivity index (χ1v) is 8.39. The Labute approximate surface area is 120 Å². The standard InChI is InChI=1S/C15H25N3S/c1-4-14-7-16-15(3,12-5-6-12)10-18(14)8-13-9-19-11(2)17-13/h9,12,14,16H,4-8,10H2,1-3H3. The maximum atomic E-state index is 4.64. The average molecular weight is 279 g/mol. The lowest BCUT2D eigenvalue weighted by molar-refractivity contribution is 0.0657. The number of rotatable bonds is 4. The Bertz CT molecular complexity index is 440. The number of nitrogens with one attached hydrogen (secondary N) is 1. The van der Waals surface area contributed by atoms with Crippen molar-refractivity contribution < 1.29 is 0 Å². The van der Waals surface area contributed by atoms with Gasteiger partial charge in [0.05, 0.1) is 10.7 Å². The molecule has 0 amide bonds. The second-order valence-corrected chi connectivity index (χ2v) is 7.46. The Morgan fingerprint density at radius 2 is 2.32 bits per heavy atom. The minimum Gasteiger partial charge on any atom is -0.308 e. The van der Waals surface area contributed by atoms with E-state index in [-0.39, 0.29) is 0 Å². The second-order valence-electron chi connectivity index (χ2n) is 6.40. The molecule has 4 heteroatoms. The molecule has 1 saturated heterocycles. The minimum absolute atomic E-state index is 0.330. The molecule has 0 spiro atoms. The van der Waals surface area contributed by atoms with Crippen LogP contribution in [0.1, 0.15) is 43.8 Å². The van der Waals surface area contributed by atoms with E-state index in [0.717, 1.165) is 19.0 Å². The van der Waals surface area contributed by atoms with E-state index in [1.807, 2.05) is 0 Å². The van der Waals surface area contributed by atoms with Gasteiger partial charge >= 0.3 is 0 Å². The van der Waals surface area contributed by atoms with E-state index in [0.29, 0.717) is 11.6 Å². The van der Waals surface area contributed by atoms with Gasteiger partial charge in [0.2, 0.25) is 0 Å². The fourth-order valence-corrected chi connectivity index (χ4v) is 3.96. The lowest BCUT2D eigenvalue weighted by atomic mass is 9.90. The predicted octanol–water partition coefficient (Wildman–Crippen LogP) is 2.80. The van der Waals surface area contributed by atoms with E-state index in [2.05, 4.69) is 41.4 Å². The van der Waals surface area contributed by atoms with Crippen LogP contribution in [0, 0.1) is 12.8 Å². The number of aromatic nitrogens is 1. The van der Waals surface area contributed by atoms with Gasteiger partial charge in [-0.25, -0.2) is 4.98 Å². The van der Waals surface area contributed by atoms with Gasteiger partial charge in [-0.05, 0) is 39.0 Å². The third kappa shape index (κ3) is 2.86. The molecule has 0 radical (unpaired) electrons. The minimum atomic E-state index is 0.330. The number of nitrogens with zero attached hydrogens (tertiary/aromatic N) is 2. The second kappa shape index (κ2) is 5.15. The van der Waals surface area contributed by atoms with Crippen molar-refractivity contribution >= 4 is 11.3 Å². The largest absolute Gasteiger partial charge is 0.308 e. The van der Waals surface area contributed by atoms with E-state index in [1.165, 1.54) is 36.5 Å². The van der Waals surface area contributed by atoms with Crippen molar-refractivity contribution in [1.29, 1.82) is 0 Å². The van der Waals surface area contributed by atoms with Crippen molar-refractivity contribution in [2.24, 2.45) is 5.92 Å². The van der Waals surface area contributed by atoms with Crippen molar-refractivity contribution in [3.05, 3.63) is 16.1 Å². The first-order chi connectivity index (χ1) is 9.10. The molecule has 1 aromatic heterocycles. The number of hydrogen-bond acceptors (Lipinski definition) is 4. The average Bonchev–Trinajstić information content (AvgIpc) is 3.16. The summed E-state index contributed by atoms with van der Waals surface area (Å²) in [5, 5.41) is 7.22. The van der Waals surface area contributed by atoms with Crippen LogP contribution in [0.25, 0.3) is 0 Å². The molecule has 106 valence electrons. The summed E-state index contributed by atoms with van der Waals surface area (Å²) in [6, 6.07) is 0.661. The molecule has 2 atom stereocenters. The molecule has 0 bridgehead atoms. The molecule has 2 heterocycles. The lowest BCUT2D eigenvalue weighted by Crippen LogP contribution is -2.63. The molecule has 2 fully saturated rings. The van der Waals surface area contributed by atoms with Gasteiger partial charge in [0.25, 0.3) is 0 Å². The van der Waals surface area contributed by atoms with E-state index < -0.39 is 0 Å². The van der Waals surface area contributed by atoms with Gasteiger partial charge in [0.1, 0.15) is 0 Å². The van der Waals surface area contributed by atoms with Crippen LogP contribution in [-0.2, 0) is 6.54 Å². The highest BCUT2D eigenvalue weighted by atomic mass is 32.1. The molecule has 3 nitrogen and oxygen atoms in total. The number of aryl methyl sites for hydroxylation is 1. The summed E-state index contributed by atoms with van der Waals surface area (Å²) in [5.41, 5.74) is 1.58. The highest BCUT2D eigenvalue weighted by Crippen LogP contribution is 2.41. The van der Waals surface area contributed by atoms with E-state index in [1.54, 1.807) is 11.3 Å². The van der Waals surface area contributed by atoms with E-state index in [9.17, 15) is 0 Å². The summed E-state index contributed by atoms with van der Waals surface area (Å²) in [7, 11) is 0. The van der Waals surface area contributed by atoms with Crippen LogP contribution in [0.5, 0.6) is 0 Å². The van der Waals surface area contributed by atoms with Gasteiger partial charge in [0, 0.05) is 36.6 Å². The van der Waals surface area contributed by atoms with E-state index >= 15 is 0 Å². The Kier molecular flexibility index (Phi) is 3.67. The highest BCUT2D eigenvalue weighted by molar-refractivity contribution is 7.09. The fourth-order valence-electron chi connectivity index (χ4n) is 3.36. The molecule has 2 unspecified atom stereocenters. The molecule has 1 aromatic rings. The number of hydrogen-bond donors (Lipinski definition) is 1. The Hall–Kier alpha value is -0.450. The van der Waals surface area contributed by atoms with Gasteiger partial charge in [0.15, 0.2) is 0 Å². The van der Waals surface area contributed by atoms with Crippen LogP contribution in [0.4, 0.5) is 0 Å². The van der Waals surface area contributed by atoms with Crippen LogP contribution in [0.15, 0.2) is 5.38 Å². The van der Waals surface area contributed by atoms with Gasteiger partial charge in [-0.2, -0.15) is 0 Å². The predicted molar refractivity (Wildman–Crippen MR) is 80.5 cm³/mol. The Morgan fingerprint density at radius 3 is 2.89 bits per heavy atom. The Morgan fingerprint density at radius 1 is 1.53 bits per heavy atom. The van der Waals surface area contributed by atoms with Crippen molar-refractivity contribution in [3.63, 3.8) is 0 Å².